The fourth-order valence-electron chi connectivity index (χ4n) is 2.01. The Balaban J connectivity index is 1.58. The number of carbonyl (C=O) groups excluding carboxylic acids is 1. The Morgan fingerprint density at radius 3 is 3.15 bits per heavy atom. The van der Waals surface area contributed by atoms with Crippen molar-refractivity contribution in [3.63, 3.8) is 0 Å². The van der Waals surface area contributed by atoms with Gasteiger partial charge in [-0.05, 0) is 19.8 Å². The molecule has 6 nitrogen and oxygen atoms in total. The van der Waals surface area contributed by atoms with E-state index in [2.05, 4.69) is 20.5 Å². The van der Waals surface area contributed by atoms with E-state index < -0.39 is 0 Å². The van der Waals surface area contributed by atoms with Gasteiger partial charge < -0.3 is 10.1 Å². The Morgan fingerprint density at radius 2 is 2.45 bits per heavy atom. The molecule has 1 saturated heterocycles. The summed E-state index contributed by atoms with van der Waals surface area (Å²) in [5.41, 5.74) is 0.786. The van der Waals surface area contributed by atoms with Gasteiger partial charge in [-0.2, -0.15) is 0 Å². The van der Waals surface area contributed by atoms with E-state index in [1.54, 1.807) is 11.3 Å². The number of nitrogens with one attached hydrogen (secondary N) is 1. The van der Waals surface area contributed by atoms with E-state index in [1.807, 2.05) is 12.3 Å². The maximum absolute atomic E-state index is 11.9. The highest BCUT2D eigenvalue weighted by atomic mass is 32.1. The number of aromatic nitrogens is 3. The van der Waals surface area contributed by atoms with Crippen LogP contribution in [0.2, 0.25) is 0 Å². The highest BCUT2D eigenvalue weighted by Crippen LogP contribution is 2.31. The van der Waals surface area contributed by atoms with E-state index in [9.17, 15) is 4.79 Å². The van der Waals surface area contributed by atoms with Gasteiger partial charge in [0.2, 0.25) is 11.0 Å². The van der Waals surface area contributed by atoms with E-state index in [0.29, 0.717) is 5.13 Å². The second kappa shape index (κ2) is 5.94. The van der Waals surface area contributed by atoms with Gasteiger partial charge in [-0.1, -0.05) is 11.3 Å². The molecule has 0 radical (unpaired) electrons. The summed E-state index contributed by atoms with van der Waals surface area (Å²) in [6.45, 7) is 2.69. The van der Waals surface area contributed by atoms with Crippen LogP contribution >= 0.6 is 22.7 Å². The number of anilines is 1. The third kappa shape index (κ3) is 3.20. The van der Waals surface area contributed by atoms with E-state index in [0.717, 1.165) is 35.2 Å². The Labute approximate surface area is 124 Å². The van der Waals surface area contributed by atoms with Gasteiger partial charge in [0.05, 0.1) is 17.1 Å². The third-order valence-electron chi connectivity index (χ3n) is 2.90. The van der Waals surface area contributed by atoms with Crippen LogP contribution in [0.5, 0.6) is 0 Å². The minimum absolute atomic E-state index is 0.0411. The van der Waals surface area contributed by atoms with E-state index in [1.165, 1.54) is 11.3 Å². The van der Waals surface area contributed by atoms with Crippen molar-refractivity contribution in [2.45, 2.75) is 32.3 Å². The molecule has 0 aliphatic carbocycles. The van der Waals surface area contributed by atoms with Crippen molar-refractivity contribution in [2.24, 2.45) is 0 Å². The van der Waals surface area contributed by atoms with Gasteiger partial charge in [0.1, 0.15) is 11.1 Å². The van der Waals surface area contributed by atoms with Gasteiger partial charge in [-0.25, -0.2) is 4.98 Å². The molecule has 1 fully saturated rings. The maximum atomic E-state index is 11.9. The molecule has 2 aromatic rings. The standard InChI is InChI=1S/C12H14N4O2S2/c1-7-13-8(6-19-7)5-10(17)14-12-16-15-11(20-12)9-3-2-4-18-9/h6,9H,2-5H2,1H3,(H,14,16,17)/t9-/m0/s1. The first kappa shape index (κ1) is 13.6. The SMILES string of the molecule is Cc1nc(CC(=O)Nc2nnc([C@@H]3CCCO3)s2)cs1. The molecular weight excluding hydrogens is 296 g/mol. The lowest BCUT2D eigenvalue weighted by Gasteiger charge is -2.02. The quantitative estimate of drug-likeness (QED) is 0.938. The minimum Gasteiger partial charge on any atom is -0.371 e. The zero-order chi connectivity index (χ0) is 13.9. The van der Waals surface area contributed by atoms with Crippen molar-refractivity contribution >= 4 is 33.7 Å². The molecule has 1 N–H and O–H groups in total. The summed E-state index contributed by atoms with van der Waals surface area (Å²) in [7, 11) is 0. The van der Waals surface area contributed by atoms with Crippen LogP contribution in [0.4, 0.5) is 5.13 Å². The summed E-state index contributed by atoms with van der Waals surface area (Å²) in [6.07, 6.45) is 2.33. The number of ether oxygens (including phenoxy) is 1. The summed E-state index contributed by atoms with van der Waals surface area (Å²) in [6, 6.07) is 0. The van der Waals surface area contributed by atoms with Crippen molar-refractivity contribution in [1.82, 2.24) is 15.2 Å². The zero-order valence-electron chi connectivity index (χ0n) is 11.0. The number of hydrogen-bond donors (Lipinski definition) is 1. The number of hydrogen-bond acceptors (Lipinski definition) is 7. The fraction of sp³-hybridized carbons (Fsp3) is 0.500. The first-order valence-electron chi connectivity index (χ1n) is 6.36. The van der Waals surface area contributed by atoms with Crippen LogP contribution in [0, 0.1) is 6.92 Å². The van der Waals surface area contributed by atoms with Crippen molar-refractivity contribution < 1.29 is 9.53 Å². The molecule has 1 amide bonds. The lowest BCUT2D eigenvalue weighted by molar-refractivity contribution is -0.115. The summed E-state index contributed by atoms with van der Waals surface area (Å²) in [5.74, 6) is -0.120. The smallest absolute Gasteiger partial charge is 0.232 e. The molecule has 20 heavy (non-hydrogen) atoms. The average Bonchev–Trinajstić information content (AvgIpc) is 3.10. The topological polar surface area (TPSA) is 77.0 Å². The molecule has 0 saturated carbocycles. The first-order valence-corrected chi connectivity index (χ1v) is 8.06. The highest BCUT2D eigenvalue weighted by molar-refractivity contribution is 7.15. The van der Waals surface area contributed by atoms with Gasteiger partial charge in [0.25, 0.3) is 0 Å². The van der Waals surface area contributed by atoms with Gasteiger partial charge >= 0.3 is 0 Å². The summed E-state index contributed by atoms with van der Waals surface area (Å²) < 4.78 is 5.54. The van der Waals surface area contributed by atoms with Gasteiger partial charge in [-0.15, -0.1) is 21.5 Å². The van der Waals surface area contributed by atoms with Crippen LogP contribution in [-0.2, 0) is 16.0 Å². The normalized spacial score (nSPS) is 18.4. The molecule has 1 aliphatic heterocycles. The zero-order valence-corrected chi connectivity index (χ0v) is 12.6. The number of aryl methyl sites for hydroxylation is 1. The Morgan fingerprint density at radius 1 is 1.55 bits per heavy atom. The molecule has 0 aromatic carbocycles. The predicted molar refractivity (Wildman–Crippen MR) is 77.0 cm³/mol. The Kier molecular flexibility index (Phi) is 4.04. The number of rotatable bonds is 4. The number of thiazole rings is 1. The molecule has 8 heteroatoms. The molecule has 0 bridgehead atoms. The third-order valence-corrected chi connectivity index (χ3v) is 4.65. The monoisotopic (exact) mass is 310 g/mol. The molecule has 106 valence electrons. The van der Waals surface area contributed by atoms with Crippen LogP contribution in [0.25, 0.3) is 0 Å². The van der Waals surface area contributed by atoms with E-state index in [-0.39, 0.29) is 18.4 Å². The lowest BCUT2D eigenvalue weighted by atomic mass is 10.2. The van der Waals surface area contributed by atoms with Crippen LogP contribution in [0.3, 0.4) is 0 Å². The van der Waals surface area contributed by atoms with Gasteiger partial charge in [0, 0.05) is 12.0 Å². The van der Waals surface area contributed by atoms with Gasteiger partial charge in [-0.3, -0.25) is 4.79 Å². The van der Waals surface area contributed by atoms with Crippen LogP contribution in [-0.4, -0.2) is 27.7 Å². The molecule has 3 rings (SSSR count). The van der Waals surface area contributed by atoms with Crippen LogP contribution in [0.1, 0.15) is 34.7 Å². The Bertz CT molecular complexity index is 604. The number of amides is 1. The van der Waals surface area contributed by atoms with Gasteiger partial charge in [0.15, 0.2) is 0 Å². The predicted octanol–water partition coefficient (Wildman–Crippen LogP) is 2.34. The molecule has 2 aromatic heterocycles. The summed E-state index contributed by atoms with van der Waals surface area (Å²) in [5, 5.41) is 15.0. The van der Waals surface area contributed by atoms with Crippen molar-refractivity contribution in [3.8, 4) is 0 Å². The summed E-state index contributed by atoms with van der Waals surface area (Å²) in [4.78, 5) is 16.1. The van der Waals surface area contributed by atoms with Crippen LogP contribution < -0.4 is 5.32 Å². The summed E-state index contributed by atoms with van der Waals surface area (Å²) >= 11 is 2.92. The Hall–Kier alpha value is -1.38. The molecule has 0 spiro atoms. The number of carbonyl (C=O) groups is 1. The maximum Gasteiger partial charge on any atom is 0.232 e. The largest absolute Gasteiger partial charge is 0.371 e. The van der Waals surface area contributed by atoms with Crippen molar-refractivity contribution in [1.29, 1.82) is 0 Å². The minimum atomic E-state index is -0.120. The van der Waals surface area contributed by atoms with Crippen molar-refractivity contribution in [3.05, 3.63) is 21.1 Å². The first-order chi connectivity index (χ1) is 9.70. The lowest BCUT2D eigenvalue weighted by Crippen LogP contribution is -2.14. The average molecular weight is 310 g/mol. The van der Waals surface area contributed by atoms with E-state index in [4.69, 9.17) is 4.74 Å². The highest BCUT2D eigenvalue weighted by Gasteiger charge is 2.22. The van der Waals surface area contributed by atoms with E-state index >= 15 is 0 Å². The second-order valence-electron chi connectivity index (χ2n) is 4.53. The molecular formula is C12H14N4O2S2. The fourth-order valence-corrected chi connectivity index (χ4v) is 3.46. The molecule has 1 aliphatic rings. The molecule has 0 unspecified atom stereocenters. The van der Waals surface area contributed by atoms with Crippen LogP contribution in [0.15, 0.2) is 5.38 Å². The number of nitrogens with zero attached hydrogens (tertiary/aromatic N) is 3. The molecule has 1 atom stereocenters. The second-order valence-corrected chi connectivity index (χ2v) is 6.60. The molecule has 3 heterocycles. The van der Waals surface area contributed by atoms with Crippen molar-refractivity contribution in [2.75, 3.05) is 11.9 Å².